The highest BCUT2D eigenvalue weighted by Gasteiger charge is 2.41. The number of carbonyl (C=O) groups excluding carboxylic acids is 1. The molecule has 9 heteroatoms. The van der Waals surface area contributed by atoms with Crippen LogP contribution in [0.2, 0.25) is 0 Å². The van der Waals surface area contributed by atoms with E-state index in [-0.39, 0.29) is 24.3 Å². The van der Waals surface area contributed by atoms with Gasteiger partial charge in [-0.05, 0) is 36.9 Å². The van der Waals surface area contributed by atoms with Crippen molar-refractivity contribution in [2.45, 2.75) is 12.1 Å². The van der Waals surface area contributed by atoms with Gasteiger partial charge in [0.2, 0.25) is 5.91 Å². The molecule has 0 radical (unpaired) electrons. The zero-order valence-electron chi connectivity index (χ0n) is 14.7. The molecule has 0 aromatic heterocycles. The Hall–Kier alpha value is -2.55. The van der Waals surface area contributed by atoms with Crippen molar-refractivity contribution in [1.29, 1.82) is 0 Å². The van der Waals surface area contributed by atoms with E-state index in [2.05, 4.69) is 5.32 Å². The van der Waals surface area contributed by atoms with Gasteiger partial charge in [-0.15, -0.1) is 0 Å². The van der Waals surface area contributed by atoms with E-state index < -0.39 is 46.9 Å². The SMILES string of the molecule is CN1C[C@H](C(=O)Nc2ccccc2F)[C@@H](c2cc(F)c(C(F)(F)F)c(F)c2)C1. The van der Waals surface area contributed by atoms with Crippen molar-refractivity contribution in [3.05, 3.63) is 65.0 Å². The Balaban J connectivity index is 1.90. The maximum Gasteiger partial charge on any atom is 0.422 e. The summed E-state index contributed by atoms with van der Waals surface area (Å²) in [6.07, 6.45) is -5.17. The Morgan fingerprint density at radius 3 is 2.21 bits per heavy atom. The standard InChI is InChI=1S/C19H16F6N2O/c1-27-8-11(10-6-14(21)17(15(22)7-10)19(23,24)25)12(9-27)18(28)26-16-5-3-2-4-13(16)20/h2-7,11-12H,8-9H2,1H3,(H,26,28)/t11-,12+/m1/s1. The minimum atomic E-state index is -5.17. The second kappa shape index (κ2) is 7.46. The second-order valence-corrected chi connectivity index (χ2v) is 6.76. The van der Waals surface area contributed by atoms with Crippen molar-refractivity contribution >= 4 is 11.6 Å². The highest BCUT2D eigenvalue weighted by atomic mass is 19.4. The van der Waals surface area contributed by atoms with Crippen molar-refractivity contribution in [3.63, 3.8) is 0 Å². The number of hydrogen-bond acceptors (Lipinski definition) is 2. The molecule has 3 rings (SSSR count). The number of rotatable bonds is 3. The molecule has 0 spiro atoms. The van der Waals surface area contributed by atoms with E-state index in [4.69, 9.17) is 0 Å². The van der Waals surface area contributed by atoms with E-state index in [9.17, 15) is 31.1 Å². The summed E-state index contributed by atoms with van der Waals surface area (Å²) in [5.74, 6) is -6.26. The van der Waals surface area contributed by atoms with Crippen LogP contribution in [-0.2, 0) is 11.0 Å². The molecule has 1 N–H and O–H groups in total. The fourth-order valence-electron chi connectivity index (χ4n) is 3.47. The number of halogens is 6. The largest absolute Gasteiger partial charge is 0.422 e. The maximum atomic E-state index is 14.0. The fraction of sp³-hybridized carbons (Fsp3) is 0.316. The zero-order valence-corrected chi connectivity index (χ0v) is 14.7. The molecule has 0 saturated carbocycles. The van der Waals surface area contributed by atoms with Gasteiger partial charge in [0.1, 0.15) is 23.0 Å². The Labute approximate surface area is 157 Å². The number of anilines is 1. The average molecular weight is 402 g/mol. The highest BCUT2D eigenvalue weighted by molar-refractivity contribution is 5.93. The number of likely N-dealkylation sites (N-methyl/N-ethyl adjacent to an activating group) is 1. The monoisotopic (exact) mass is 402 g/mol. The lowest BCUT2D eigenvalue weighted by atomic mass is 9.87. The summed E-state index contributed by atoms with van der Waals surface area (Å²) in [5, 5.41) is 2.43. The summed E-state index contributed by atoms with van der Waals surface area (Å²) in [4.78, 5) is 14.3. The Bertz CT molecular complexity index is 875. The van der Waals surface area contributed by atoms with Crippen molar-refractivity contribution < 1.29 is 31.1 Å². The zero-order chi connectivity index (χ0) is 20.6. The number of alkyl halides is 3. The van der Waals surface area contributed by atoms with Crippen molar-refractivity contribution in [2.24, 2.45) is 5.92 Å². The molecule has 0 unspecified atom stereocenters. The summed E-state index contributed by atoms with van der Waals surface area (Å²) < 4.78 is 80.0. The lowest BCUT2D eigenvalue weighted by Crippen LogP contribution is -2.29. The third-order valence-corrected chi connectivity index (χ3v) is 4.75. The van der Waals surface area contributed by atoms with E-state index in [0.717, 1.165) is 6.07 Å². The first-order chi connectivity index (χ1) is 13.1. The molecule has 1 amide bonds. The molecule has 1 aliphatic rings. The number of hydrogen-bond donors (Lipinski definition) is 1. The van der Waals surface area contributed by atoms with Crippen LogP contribution in [0, 0.1) is 23.4 Å². The summed E-state index contributed by atoms with van der Waals surface area (Å²) >= 11 is 0. The molecule has 2 aromatic carbocycles. The van der Waals surface area contributed by atoms with Gasteiger partial charge in [-0.1, -0.05) is 12.1 Å². The molecule has 1 aliphatic heterocycles. The lowest BCUT2D eigenvalue weighted by Gasteiger charge is -2.20. The number of carbonyl (C=O) groups is 1. The van der Waals surface area contributed by atoms with Gasteiger partial charge in [-0.2, -0.15) is 13.2 Å². The van der Waals surface area contributed by atoms with Crippen molar-refractivity contribution in [2.75, 3.05) is 25.5 Å². The van der Waals surface area contributed by atoms with E-state index in [0.29, 0.717) is 12.1 Å². The second-order valence-electron chi connectivity index (χ2n) is 6.76. The number of amides is 1. The molecule has 28 heavy (non-hydrogen) atoms. The number of nitrogens with one attached hydrogen (secondary N) is 1. The molecular formula is C19H16F6N2O. The molecule has 3 nitrogen and oxygen atoms in total. The van der Waals surface area contributed by atoms with Gasteiger partial charge in [0.05, 0.1) is 11.6 Å². The third kappa shape index (κ3) is 3.99. The fourth-order valence-corrected chi connectivity index (χ4v) is 3.47. The molecule has 2 atom stereocenters. The molecule has 1 fully saturated rings. The molecular weight excluding hydrogens is 386 g/mol. The summed E-state index contributed by atoms with van der Waals surface area (Å²) in [6, 6.07) is 6.72. The van der Waals surface area contributed by atoms with Crippen LogP contribution in [0.15, 0.2) is 36.4 Å². The van der Waals surface area contributed by atoms with Gasteiger partial charge >= 0.3 is 6.18 Å². The smallest absolute Gasteiger partial charge is 0.323 e. The summed E-state index contributed by atoms with van der Waals surface area (Å²) in [6.45, 7) is 0.412. The number of para-hydroxylation sites is 1. The van der Waals surface area contributed by atoms with Gasteiger partial charge in [0.25, 0.3) is 0 Å². The van der Waals surface area contributed by atoms with Gasteiger partial charge in [-0.3, -0.25) is 4.79 Å². The van der Waals surface area contributed by atoms with Crippen LogP contribution in [0.25, 0.3) is 0 Å². The highest BCUT2D eigenvalue weighted by Crippen LogP contribution is 2.38. The van der Waals surface area contributed by atoms with Crippen LogP contribution in [-0.4, -0.2) is 30.9 Å². The third-order valence-electron chi connectivity index (χ3n) is 4.75. The minimum Gasteiger partial charge on any atom is -0.323 e. The Kier molecular flexibility index (Phi) is 5.38. The average Bonchev–Trinajstić information content (AvgIpc) is 2.97. The van der Waals surface area contributed by atoms with Crippen LogP contribution in [0.3, 0.4) is 0 Å². The maximum absolute atomic E-state index is 14.0. The van der Waals surface area contributed by atoms with E-state index in [1.54, 1.807) is 11.9 Å². The van der Waals surface area contributed by atoms with Crippen LogP contribution in [0.5, 0.6) is 0 Å². The van der Waals surface area contributed by atoms with Gasteiger partial charge in [-0.25, -0.2) is 13.2 Å². The van der Waals surface area contributed by atoms with Crippen LogP contribution < -0.4 is 5.32 Å². The number of likely N-dealkylation sites (tertiary alicyclic amines) is 1. The molecule has 1 saturated heterocycles. The number of nitrogens with zero attached hydrogens (tertiary/aromatic N) is 1. The topological polar surface area (TPSA) is 32.3 Å². The Morgan fingerprint density at radius 1 is 1.04 bits per heavy atom. The van der Waals surface area contributed by atoms with E-state index in [1.165, 1.54) is 18.2 Å². The van der Waals surface area contributed by atoms with E-state index in [1.807, 2.05) is 0 Å². The van der Waals surface area contributed by atoms with Crippen LogP contribution >= 0.6 is 0 Å². The van der Waals surface area contributed by atoms with Gasteiger partial charge in [0, 0.05) is 19.0 Å². The first-order valence-electron chi connectivity index (χ1n) is 8.38. The van der Waals surface area contributed by atoms with E-state index >= 15 is 0 Å². The molecule has 0 bridgehead atoms. The number of benzene rings is 2. The Morgan fingerprint density at radius 2 is 1.64 bits per heavy atom. The predicted molar refractivity (Wildman–Crippen MR) is 90.1 cm³/mol. The van der Waals surface area contributed by atoms with Crippen molar-refractivity contribution in [3.8, 4) is 0 Å². The first-order valence-corrected chi connectivity index (χ1v) is 8.38. The predicted octanol–water partition coefficient (Wildman–Crippen LogP) is 4.41. The van der Waals surface area contributed by atoms with Gasteiger partial charge < -0.3 is 10.2 Å². The molecule has 2 aromatic rings. The van der Waals surface area contributed by atoms with Gasteiger partial charge in [0.15, 0.2) is 0 Å². The van der Waals surface area contributed by atoms with Crippen LogP contribution in [0.1, 0.15) is 17.0 Å². The first kappa shape index (κ1) is 20.2. The normalized spacial score (nSPS) is 20.4. The summed E-state index contributed by atoms with van der Waals surface area (Å²) in [5.41, 5.74) is -2.07. The van der Waals surface area contributed by atoms with Crippen molar-refractivity contribution in [1.82, 2.24) is 4.90 Å². The molecule has 0 aliphatic carbocycles. The quantitative estimate of drug-likeness (QED) is 0.772. The summed E-state index contributed by atoms with van der Waals surface area (Å²) in [7, 11) is 1.67. The molecule has 150 valence electrons. The lowest BCUT2D eigenvalue weighted by molar-refractivity contribution is -0.142. The van der Waals surface area contributed by atoms with Crippen LogP contribution in [0.4, 0.5) is 32.0 Å². The molecule has 1 heterocycles. The minimum absolute atomic E-state index is 0.0504.